The Kier molecular flexibility index (Phi) is 5.28. The molecule has 1 saturated carbocycles. The fourth-order valence-corrected chi connectivity index (χ4v) is 2.87. The quantitative estimate of drug-likeness (QED) is 0.825. The van der Waals surface area contributed by atoms with E-state index in [0.717, 1.165) is 31.0 Å². The van der Waals surface area contributed by atoms with E-state index in [1.54, 1.807) is 12.3 Å². The van der Waals surface area contributed by atoms with Crippen molar-refractivity contribution in [2.75, 3.05) is 6.54 Å². The van der Waals surface area contributed by atoms with Gasteiger partial charge in [-0.25, -0.2) is 0 Å². The molecule has 18 heavy (non-hydrogen) atoms. The highest BCUT2D eigenvalue weighted by Crippen LogP contribution is 2.36. The number of pyridine rings is 1. The summed E-state index contributed by atoms with van der Waals surface area (Å²) < 4.78 is 0. The first-order chi connectivity index (χ1) is 8.70. The molecule has 0 amide bonds. The predicted molar refractivity (Wildman–Crippen MR) is 77.2 cm³/mol. The van der Waals surface area contributed by atoms with Crippen molar-refractivity contribution in [1.29, 1.82) is 0 Å². The summed E-state index contributed by atoms with van der Waals surface area (Å²) in [6.07, 6.45) is 7.99. The average Bonchev–Trinajstić information content (AvgIpc) is 2.28. The van der Waals surface area contributed by atoms with Gasteiger partial charge >= 0.3 is 0 Å². The largest absolute Gasteiger partial charge is 0.309 e. The van der Waals surface area contributed by atoms with Gasteiger partial charge in [0.25, 0.3) is 0 Å². The molecule has 4 heteroatoms. The molecule has 2 nitrogen and oxygen atoms in total. The monoisotopic (exact) mass is 286 g/mol. The lowest BCUT2D eigenvalue weighted by Gasteiger charge is -2.30. The predicted octanol–water partition coefficient (Wildman–Crippen LogP) is 4.62. The molecule has 0 aromatic carbocycles. The van der Waals surface area contributed by atoms with Gasteiger partial charge in [0.15, 0.2) is 0 Å². The van der Waals surface area contributed by atoms with E-state index in [1.165, 1.54) is 19.3 Å². The molecule has 1 fully saturated rings. The molecule has 1 aliphatic rings. The molecule has 0 saturated heterocycles. The van der Waals surface area contributed by atoms with Crippen LogP contribution < -0.4 is 5.32 Å². The summed E-state index contributed by atoms with van der Waals surface area (Å²) in [4.78, 5) is 4.42. The minimum atomic E-state index is 0.264. The van der Waals surface area contributed by atoms with Gasteiger partial charge in [-0.1, -0.05) is 49.4 Å². The number of nitrogens with zero attached hydrogens (tertiary/aromatic N) is 1. The normalized spacial score (nSPS) is 17.5. The van der Waals surface area contributed by atoms with Crippen molar-refractivity contribution >= 4 is 23.2 Å². The summed E-state index contributed by atoms with van der Waals surface area (Å²) in [7, 11) is 0. The van der Waals surface area contributed by atoms with E-state index in [-0.39, 0.29) is 6.04 Å². The van der Waals surface area contributed by atoms with E-state index in [9.17, 15) is 0 Å². The van der Waals surface area contributed by atoms with Gasteiger partial charge in [-0.15, -0.1) is 0 Å². The molecule has 0 spiro atoms. The molecule has 0 aliphatic heterocycles. The second-order valence-electron chi connectivity index (χ2n) is 5.06. The van der Waals surface area contributed by atoms with Crippen LogP contribution in [0.2, 0.25) is 10.0 Å². The molecule has 0 bridgehead atoms. The third kappa shape index (κ3) is 3.59. The van der Waals surface area contributed by atoms with E-state index < -0.39 is 0 Å². The summed E-state index contributed by atoms with van der Waals surface area (Å²) in [5.74, 6) is 0.827. The van der Waals surface area contributed by atoms with Crippen molar-refractivity contribution in [3.05, 3.63) is 28.0 Å². The van der Waals surface area contributed by atoms with Crippen molar-refractivity contribution in [3.8, 4) is 0 Å². The van der Waals surface area contributed by atoms with E-state index in [1.807, 2.05) is 0 Å². The molecule has 1 aromatic heterocycles. The minimum absolute atomic E-state index is 0.264. The number of rotatable bonds is 6. The highest BCUT2D eigenvalue weighted by Gasteiger charge is 2.24. The second kappa shape index (κ2) is 6.74. The molecule has 1 aromatic rings. The molecule has 1 unspecified atom stereocenters. The van der Waals surface area contributed by atoms with Crippen LogP contribution in [0.3, 0.4) is 0 Å². The molecular formula is C14H20Cl2N2. The van der Waals surface area contributed by atoms with Gasteiger partial charge in [0.2, 0.25) is 0 Å². The van der Waals surface area contributed by atoms with Crippen LogP contribution in [0, 0.1) is 5.92 Å². The van der Waals surface area contributed by atoms with Crippen LogP contribution in [0.4, 0.5) is 0 Å². The highest BCUT2D eigenvalue weighted by atomic mass is 35.5. The molecule has 1 N–H and O–H groups in total. The molecular weight excluding hydrogens is 267 g/mol. The standard InChI is InChI=1S/C14H20Cl2N2/c1-2-6-17-13(7-10-4-3-5-10)14-12(16)8-11(15)9-18-14/h8-10,13,17H,2-7H2,1H3. The molecule has 100 valence electrons. The van der Waals surface area contributed by atoms with Crippen LogP contribution in [0.25, 0.3) is 0 Å². The minimum Gasteiger partial charge on any atom is -0.309 e. The van der Waals surface area contributed by atoms with Crippen molar-refractivity contribution in [2.24, 2.45) is 5.92 Å². The van der Waals surface area contributed by atoms with E-state index in [4.69, 9.17) is 23.2 Å². The maximum Gasteiger partial charge on any atom is 0.0760 e. The molecule has 2 rings (SSSR count). The lowest BCUT2D eigenvalue weighted by molar-refractivity contribution is 0.259. The third-order valence-electron chi connectivity index (χ3n) is 3.60. The van der Waals surface area contributed by atoms with Crippen LogP contribution in [0.5, 0.6) is 0 Å². The maximum absolute atomic E-state index is 6.26. The van der Waals surface area contributed by atoms with Gasteiger partial charge in [-0.2, -0.15) is 0 Å². The summed E-state index contributed by atoms with van der Waals surface area (Å²) >= 11 is 12.2. The van der Waals surface area contributed by atoms with E-state index >= 15 is 0 Å². The van der Waals surface area contributed by atoms with Gasteiger partial charge in [-0.05, 0) is 31.4 Å². The van der Waals surface area contributed by atoms with E-state index in [0.29, 0.717) is 10.0 Å². The number of aromatic nitrogens is 1. The van der Waals surface area contributed by atoms with Crippen molar-refractivity contribution < 1.29 is 0 Å². The Hall–Kier alpha value is -0.310. The lowest BCUT2D eigenvalue weighted by Crippen LogP contribution is -2.27. The fraction of sp³-hybridized carbons (Fsp3) is 0.643. The second-order valence-corrected chi connectivity index (χ2v) is 5.90. The van der Waals surface area contributed by atoms with Gasteiger partial charge in [-0.3, -0.25) is 4.98 Å². The Balaban J connectivity index is 2.09. The number of nitrogens with one attached hydrogen (secondary N) is 1. The summed E-state index contributed by atoms with van der Waals surface area (Å²) in [5.41, 5.74) is 0.946. The molecule has 0 radical (unpaired) electrons. The number of halogens is 2. The molecule has 1 aliphatic carbocycles. The smallest absolute Gasteiger partial charge is 0.0760 e. The highest BCUT2D eigenvalue weighted by molar-refractivity contribution is 6.34. The van der Waals surface area contributed by atoms with Crippen molar-refractivity contribution in [3.63, 3.8) is 0 Å². The van der Waals surface area contributed by atoms with Gasteiger partial charge in [0, 0.05) is 6.20 Å². The number of hydrogen-bond acceptors (Lipinski definition) is 2. The first-order valence-electron chi connectivity index (χ1n) is 6.75. The summed E-state index contributed by atoms with van der Waals surface area (Å²) in [6.45, 7) is 3.17. The van der Waals surface area contributed by atoms with Gasteiger partial charge < -0.3 is 5.32 Å². The van der Waals surface area contributed by atoms with Crippen LogP contribution in [0.1, 0.15) is 50.8 Å². The van der Waals surface area contributed by atoms with Crippen LogP contribution in [-0.2, 0) is 0 Å². The van der Waals surface area contributed by atoms with Gasteiger partial charge in [0.1, 0.15) is 0 Å². The zero-order valence-corrected chi connectivity index (χ0v) is 12.3. The van der Waals surface area contributed by atoms with Gasteiger partial charge in [0.05, 0.1) is 21.8 Å². The summed E-state index contributed by atoms with van der Waals surface area (Å²) in [6, 6.07) is 2.05. The van der Waals surface area contributed by atoms with Crippen LogP contribution >= 0.6 is 23.2 Å². The molecule has 1 atom stereocenters. The van der Waals surface area contributed by atoms with Crippen molar-refractivity contribution in [2.45, 2.75) is 45.1 Å². The first-order valence-corrected chi connectivity index (χ1v) is 7.50. The Morgan fingerprint density at radius 1 is 1.44 bits per heavy atom. The topological polar surface area (TPSA) is 24.9 Å². The maximum atomic E-state index is 6.26. The lowest BCUT2D eigenvalue weighted by atomic mass is 9.80. The van der Waals surface area contributed by atoms with Crippen molar-refractivity contribution in [1.82, 2.24) is 10.3 Å². The molecule has 1 heterocycles. The Labute approximate surface area is 119 Å². The van der Waals surface area contributed by atoms with Crippen LogP contribution in [0.15, 0.2) is 12.3 Å². The first kappa shape index (κ1) is 14.1. The summed E-state index contributed by atoms with van der Waals surface area (Å²) in [5, 5.41) is 4.83. The zero-order valence-electron chi connectivity index (χ0n) is 10.8. The number of hydrogen-bond donors (Lipinski definition) is 1. The Bertz CT molecular complexity index is 391. The SMILES string of the molecule is CCCNC(CC1CCC1)c1ncc(Cl)cc1Cl. The average molecular weight is 287 g/mol. The third-order valence-corrected chi connectivity index (χ3v) is 4.11. The zero-order chi connectivity index (χ0) is 13.0. The Morgan fingerprint density at radius 3 is 2.78 bits per heavy atom. The van der Waals surface area contributed by atoms with Crippen LogP contribution in [-0.4, -0.2) is 11.5 Å². The fourth-order valence-electron chi connectivity index (χ4n) is 2.35. The van der Waals surface area contributed by atoms with E-state index in [2.05, 4.69) is 17.2 Å². The Morgan fingerprint density at radius 2 is 2.22 bits per heavy atom.